The van der Waals surface area contributed by atoms with Crippen LogP contribution in [0.25, 0.3) is 0 Å². The van der Waals surface area contributed by atoms with Crippen molar-refractivity contribution in [1.29, 1.82) is 0 Å². The van der Waals surface area contributed by atoms with Crippen LogP contribution in [0.15, 0.2) is 88.4 Å². The number of hydrogen-bond acceptors (Lipinski definition) is 7. The normalized spacial score (nSPS) is 14.0. The number of nitrogens with zero attached hydrogens (tertiary/aromatic N) is 5. The Balaban J connectivity index is 1.15. The molecule has 2 aromatic carbocycles. The van der Waals surface area contributed by atoms with Crippen molar-refractivity contribution in [3.05, 3.63) is 107 Å². The van der Waals surface area contributed by atoms with Gasteiger partial charge in [-0.05, 0) is 30.2 Å². The number of anilines is 1. The highest BCUT2D eigenvalue weighted by molar-refractivity contribution is 7.98. The Labute approximate surface area is 228 Å². The summed E-state index contributed by atoms with van der Waals surface area (Å²) < 4.78 is 5.88. The van der Waals surface area contributed by atoms with Gasteiger partial charge < -0.3 is 14.2 Å². The highest BCUT2D eigenvalue weighted by Gasteiger charge is 2.20. The number of amides is 1. The summed E-state index contributed by atoms with van der Waals surface area (Å²) >= 11 is 1.53. The third kappa shape index (κ3) is 6.82. The summed E-state index contributed by atoms with van der Waals surface area (Å²) in [6.45, 7) is 7.40. The van der Waals surface area contributed by atoms with Gasteiger partial charge in [0.05, 0.1) is 5.75 Å². The molecule has 7 nitrogen and oxygen atoms in total. The smallest absolute Gasteiger partial charge is 0.289 e. The van der Waals surface area contributed by atoms with E-state index in [9.17, 15) is 4.79 Å². The number of aryl methyl sites for hydroxylation is 1. The van der Waals surface area contributed by atoms with E-state index in [0.717, 1.165) is 60.7 Å². The molecule has 1 aliphatic heterocycles. The number of benzene rings is 2. The van der Waals surface area contributed by atoms with Crippen LogP contribution in [0.1, 0.15) is 33.1 Å². The number of carbonyl (C=O) groups excluding carboxylic acids is 1. The molecule has 0 bridgehead atoms. The number of hydrogen-bond donors (Lipinski definition) is 0. The lowest BCUT2D eigenvalue weighted by Crippen LogP contribution is -2.46. The maximum atomic E-state index is 12.8. The number of thioether (sulfide) groups is 1. The topological polar surface area (TPSA) is 65.7 Å². The molecule has 1 amide bonds. The van der Waals surface area contributed by atoms with Gasteiger partial charge in [-0.3, -0.25) is 9.69 Å². The van der Waals surface area contributed by atoms with Crippen LogP contribution in [0.2, 0.25) is 0 Å². The molecule has 0 N–H and O–H groups in total. The predicted octanol–water partition coefficient (Wildman–Crippen LogP) is 5.26. The van der Waals surface area contributed by atoms with Gasteiger partial charge in [0.2, 0.25) is 0 Å². The molecule has 0 unspecified atom stereocenters. The molecule has 196 valence electrons. The second-order valence-corrected chi connectivity index (χ2v) is 10.5. The summed E-state index contributed by atoms with van der Waals surface area (Å²) in [6.07, 6.45) is 0. The highest BCUT2D eigenvalue weighted by Crippen LogP contribution is 2.25. The Bertz CT molecular complexity index is 1340. The number of carbonyl (C=O) groups is 1. The average molecular weight is 528 g/mol. The molecule has 0 atom stereocenters. The lowest BCUT2D eigenvalue weighted by atomic mass is 10.2. The van der Waals surface area contributed by atoms with Gasteiger partial charge in [0.15, 0.2) is 10.9 Å². The van der Waals surface area contributed by atoms with Gasteiger partial charge in [0.25, 0.3) is 5.91 Å². The Morgan fingerprint density at radius 1 is 0.921 bits per heavy atom. The van der Waals surface area contributed by atoms with Crippen LogP contribution >= 0.6 is 11.8 Å². The van der Waals surface area contributed by atoms with Crippen LogP contribution in [0.3, 0.4) is 0 Å². The molecule has 0 aliphatic carbocycles. The zero-order valence-corrected chi connectivity index (χ0v) is 22.7. The molecule has 1 saturated heterocycles. The standard InChI is InChI=1S/C30H33N5O2S/c1-23-19-28(35-17-15-34(16-18-35)21-25-11-7-4-8-12-25)32-30(31-23)38-22-26-13-14-27(37-26)29(36)33(2)20-24-9-5-3-6-10-24/h3-14,19H,15-18,20-22H2,1-2H3. The van der Waals surface area contributed by atoms with Gasteiger partial charge in [-0.1, -0.05) is 72.4 Å². The summed E-state index contributed by atoms with van der Waals surface area (Å²) in [5.74, 6) is 2.47. The lowest BCUT2D eigenvalue weighted by Gasteiger charge is -2.35. The molecule has 3 heterocycles. The molecule has 4 aromatic rings. The van der Waals surface area contributed by atoms with Gasteiger partial charge in [-0.2, -0.15) is 0 Å². The molecule has 0 radical (unpaired) electrons. The fourth-order valence-corrected chi connectivity index (χ4v) is 5.34. The molecule has 8 heteroatoms. The third-order valence-electron chi connectivity index (χ3n) is 6.59. The molecule has 0 spiro atoms. The van der Waals surface area contributed by atoms with E-state index in [1.165, 1.54) is 17.3 Å². The first kappa shape index (κ1) is 26.0. The second-order valence-electron chi connectivity index (χ2n) is 9.60. The quantitative estimate of drug-likeness (QED) is 0.217. The van der Waals surface area contributed by atoms with Crippen molar-refractivity contribution < 1.29 is 9.21 Å². The summed E-state index contributed by atoms with van der Waals surface area (Å²) in [5.41, 5.74) is 3.38. The van der Waals surface area contributed by atoms with Gasteiger partial charge in [0, 0.05) is 58.1 Å². The third-order valence-corrected chi connectivity index (χ3v) is 7.46. The minimum absolute atomic E-state index is 0.134. The average Bonchev–Trinajstić information content (AvgIpc) is 3.42. The van der Waals surface area contributed by atoms with E-state index in [1.54, 1.807) is 18.0 Å². The second kappa shape index (κ2) is 12.3. The fourth-order valence-electron chi connectivity index (χ4n) is 4.55. The Morgan fingerprint density at radius 2 is 1.61 bits per heavy atom. The summed E-state index contributed by atoms with van der Waals surface area (Å²) in [4.78, 5) is 28.8. The number of aromatic nitrogens is 2. The van der Waals surface area contributed by atoms with Crippen molar-refractivity contribution in [3.63, 3.8) is 0 Å². The molecule has 2 aromatic heterocycles. The van der Waals surface area contributed by atoms with E-state index in [0.29, 0.717) is 18.1 Å². The van der Waals surface area contributed by atoms with Crippen LogP contribution in [0.4, 0.5) is 5.82 Å². The van der Waals surface area contributed by atoms with E-state index >= 15 is 0 Å². The van der Waals surface area contributed by atoms with E-state index < -0.39 is 0 Å². The van der Waals surface area contributed by atoms with E-state index in [2.05, 4.69) is 51.2 Å². The summed E-state index contributed by atoms with van der Waals surface area (Å²) in [5, 5.41) is 0.720. The lowest BCUT2D eigenvalue weighted by molar-refractivity contribution is 0.0752. The Hall–Kier alpha value is -3.62. The van der Waals surface area contributed by atoms with Crippen LogP contribution in [0, 0.1) is 6.92 Å². The SMILES string of the molecule is Cc1cc(N2CCN(Cc3ccccc3)CC2)nc(SCc2ccc(C(=O)N(C)Cc3ccccc3)o2)n1. The van der Waals surface area contributed by atoms with Gasteiger partial charge in [-0.25, -0.2) is 9.97 Å². The van der Waals surface area contributed by atoms with Gasteiger partial charge >= 0.3 is 0 Å². The van der Waals surface area contributed by atoms with Crippen LogP contribution in [-0.4, -0.2) is 58.9 Å². The van der Waals surface area contributed by atoms with Crippen molar-refractivity contribution in [2.45, 2.75) is 30.9 Å². The number of rotatable bonds is 9. The first-order chi connectivity index (χ1) is 18.5. The van der Waals surface area contributed by atoms with Gasteiger partial charge in [-0.15, -0.1) is 0 Å². The van der Waals surface area contributed by atoms with Crippen molar-refractivity contribution in [1.82, 2.24) is 19.8 Å². The molecular formula is C30H33N5O2S. The Kier molecular flexibility index (Phi) is 8.41. The largest absolute Gasteiger partial charge is 0.455 e. The van der Waals surface area contributed by atoms with E-state index in [1.807, 2.05) is 43.3 Å². The highest BCUT2D eigenvalue weighted by atomic mass is 32.2. The maximum absolute atomic E-state index is 12.8. The Morgan fingerprint density at radius 3 is 2.32 bits per heavy atom. The van der Waals surface area contributed by atoms with Crippen LogP contribution in [-0.2, 0) is 18.8 Å². The first-order valence-corrected chi connectivity index (χ1v) is 13.9. The van der Waals surface area contributed by atoms with Crippen molar-refractivity contribution in [2.75, 3.05) is 38.1 Å². The molecule has 5 rings (SSSR count). The summed E-state index contributed by atoms with van der Waals surface area (Å²) in [7, 11) is 1.79. The van der Waals surface area contributed by atoms with Crippen LogP contribution in [0.5, 0.6) is 0 Å². The fraction of sp³-hybridized carbons (Fsp3) is 0.300. The van der Waals surface area contributed by atoms with Crippen molar-refractivity contribution >= 4 is 23.5 Å². The zero-order chi connectivity index (χ0) is 26.3. The molecule has 1 fully saturated rings. The van der Waals surface area contributed by atoms with E-state index in [4.69, 9.17) is 9.40 Å². The molecule has 0 saturated carbocycles. The number of furan rings is 1. The summed E-state index contributed by atoms with van der Waals surface area (Å²) in [6, 6.07) is 26.2. The van der Waals surface area contributed by atoms with E-state index in [-0.39, 0.29) is 5.91 Å². The maximum Gasteiger partial charge on any atom is 0.289 e. The van der Waals surface area contributed by atoms with Gasteiger partial charge in [0.1, 0.15) is 11.6 Å². The number of piperazine rings is 1. The molecular weight excluding hydrogens is 494 g/mol. The monoisotopic (exact) mass is 527 g/mol. The minimum atomic E-state index is -0.134. The first-order valence-electron chi connectivity index (χ1n) is 12.9. The molecule has 1 aliphatic rings. The minimum Gasteiger partial charge on any atom is -0.455 e. The van der Waals surface area contributed by atoms with Crippen LogP contribution < -0.4 is 4.90 Å². The van der Waals surface area contributed by atoms with Crippen molar-refractivity contribution in [2.24, 2.45) is 0 Å². The van der Waals surface area contributed by atoms with Crippen molar-refractivity contribution in [3.8, 4) is 0 Å². The molecule has 38 heavy (non-hydrogen) atoms. The zero-order valence-electron chi connectivity index (χ0n) is 21.9. The predicted molar refractivity (Wildman–Crippen MR) is 151 cm³/mol.